The minimum absolute atomic E-state index is 0.138. The Labute approximate surface area is 218 Å². The third kappa shape index (κ3) is 5.47. The predicted octanol–water partition coefficient (Wildman–Crippen LogP) is 5.51. The number of aromatic nitrogens is 1. The second-order valence-electron chi connectivity index (χ2n) is 10.0. The topological polar surface area (TPSA) is 105 Å². The van der Waals surface area contributed by atoms with Crippen LogP contribution in [0.3, 0.4) is 0 Å². The lowest BCUT2D eigenvalue weighted by Gasteiger charge is -2.30. The summed E-state index contributed by atoms with van der Waals surface area (Å²) in [7, 11) is -3.67. The Morgan fingerprint density at radius 1 is 1.14 bits per heavy atom. The largest absolute Gasteiger partial charge is 0.490 e. The third-order valence-electron chi connectivity index (χ3n) is 7.38. The minimum Gasteiger partial charge on any atom is -0.490 e. The summed E-state index contributed by atoms with van der Waals surface area (Å²) in [5.41, 5.74) is 3.85. The lowest BCUT2D eigenvalue weighted by Crippen LogP contribution is -2.36. The molecule has 1 aliphatic heterocycles. The van der Waals surface area contributed by atoms with Gasteiger partial charge in [0.2, 0.25) is 0 Å². The zero-order chi connectivity index (χ0) is 26.0. The van der Waals surface area contributed by atoms with E-state index in [0.29, 0.717) is 36.9 Å². The van der Waals surface area contributed by atoms with Gasteiger partial charge in [0.15, 0.2) is 0 Å². The highest BCUT2D eigenvalue weighted by atomic mass is 32.2. The molecule has 0 bridgehead atoms. The number of hydrogen-bond acceptors (Lipinski definition) is 5. The van der Waals surface area contributed by atoms with Gasteiger partial charge >= 0.3 is 0 Å². The Hall–Kier alpha value is -3.06. The molecule has 2 N–H and O–H groups in total. The normalized spacial score (nSPS) is 17.8. The monoisotopic (exact) mass is 522 g/mol. The van der Waals surface area contributed by atoms with Crippen LogP contribution in [0.4, 0.5) is 5.69 Å². The number of ether oxygens (including phenoxy) is 2. The quantitative estimate of drug-likeness (QED) is 0.386. The van der Waals surface area contributed by atoms with Crippen LogP contribution < -0.4 is 14.2 Å². The van der Waals surface area contributed by atoms with E-state index in [9.17, 15) is 13.7 Å². The number of benzene rings is 2. The molecule has 0 radical (unpaired) electrons. The van der Waals surface area contributed by atoms with Gasteiger partial charge in [-0.15, -0.1) is 0 Å². The fourth-order valence-corrected chi connectivity index (χ4v) is 6.20. The molecule has 196 valence electrons. The second kappa shape index (κ2) is 10.7. The molecular formula is C28H34N4O4S. The molecule has 1 atom stereocenters. The van der Waals surface area contributed by atoms with Gasteiger partial charge in [-0.05, 0) is 62.4 Å². The van der Waals surface area contributed by atoms with Gasteiger partial charge < -0.3 is 14.0 Å². The first-order valence-electron chi connectivity index (χ1n) is 13.1. The Kier molecular flexibility index (Phi) is 7.43. The van der Waals surface area contributed by atoms with Crippen LogP contribution in [0.1, 0.15) is 64.0 Å². The summed E-state index contributed by atoms with van der Waals surface area (Å²) in [6.07, 6.45) is 5.87. The molecule has 0 spiro atoms. The van der Waals surface area contributed by atoms with Gasteiger partial charge in [0, 0.05) is 42.1 Å². The van der Waals surface area contributed by atoms with Crippen molar-refractivity contribution < 1.29 is 17.9 Å². The Balaban J connectivity index is 1.50. The van der Waals surface area contributed by atoms with Crippen molar-refractivity contribution in [1.29, 1.82) is 5.26 Å². The van der Waals surface area contributed by atoms with E-state index in [2.05, 4.69) is 26.1 Å². The summed E-state index contributed by atoms with van der Waals surface area (Å²) >= 11 is 0. The maximum atomic E-state index is 12.4. The van der Waals surface area contributed by atoms with Crippen LogP contribution in [0.25, 0.3) is 22.2 Å². The van der Waals surface area contributed by atoms with E-state index in [1.807, 2.05) is 38.1 Å². The Morgan fingerprint density at radius 2 is 1.86 bits per heavy atom. The van der Waals surface area contributed by atoms with Crippen molar-refractivity contribution in [3.05, 3.63) is 48.0 Å². The Morgan fingerprint density at radius 3 is 2.49 bits per heavy atom. The summed E-state index contributed by atoms with van der Waals surface area (Å²) in [6, 6.07) is 15.9. The average Bonchev–Trinajstić information content (AvgIpc) is 3.16. The summed E-state index contributed by atoms with van der Waals surface area (Å²) in [6.45, 7) is 5.18. The summed E-state index contributed by atoms with van der Waals surface area (Å²) in [5.74, 6) is 0.812. The molecule has 1 saturated carbocycles. The number of hydrogen-bond donors (Lipinski definition) is 2. The van der Waals surface area contributed by atoms with E-state index in [4.69, 9.17) is 9.47 Å². The summed E-state index contributed by atoms with van der Waals surface area (Å²) < 4.78 is 44.1. The van der Waals surface area contributed by atoms with Crippen LogP contribution in [0.15, 0.2) is 42.5 Å². The van der Waals surface area contributed by atoms with Crippen LogP contribution >= 0.6 is 0 Å². The molecule has 2 aromatic carbocycles. The van der Waals surface area contributed by atoms with Crippen molar-refractivity contribution in [3.63, 3.8) is 0 Å². The van der Waals surface area contributed by atoms with Crippen molar-refractivity contribution in [1.82, 2.24) is 9.29 Å². The molecule has 1 aliphatic carbocycles. The van der Waals surface area contributed by atoms with Crippen LogP contribution in [0, 0.1) is 11.3 Å². The lowest BCUT2D eigenvalue weighted by molar-refractivity contribution is 0.0256. The molecule has 2 heterocycles. The molecule has 0 unspecified atom stereocenters. The number of rotatable bonds is 9. The van der Waals surface area contributed by atoms with Crippen molar-refractivity contribution in [2.45, 2.75) is 70.6 Å². The third-order valence-corrected chi connectivity index (χ3v) is 8.59. The van der Waals surface area contributed by atoms with E-state index >= 15 is 0 Å². The first-order valence-corrected chi connectivity index (χ1v) is 14.6. The predicted molar refractivity (Wildman–Crippen MR) is 145 cm³/mol. The van der Waals surface area contributed by atoms with Crippen LogP contribution in [0.5, 0.6) is 5.75 Å². The van der Waals surface area contributed by atoms with E-state index < -0.39 is 10.2 Å². The minimum atomic E-state index is -3.67. The fourth-order valence-electron chi connectivity index (χ4n) is 5.00. The van der Waals surface area contributed by atoms with Gasteiger partial charge in [-0.1, -0.05) is 19.1 Å². The molecule has 37 heavy (non-hydrogen) atoms. The number of nitriles is 1. The average molecular weight is 523 g/mol. The number of nitrogens with zero attached hydrogens (tertiary/aromatic N) is 2. The number of fused-ring (bicyclic) bond motifs is 1. The van der Waals surface area contributed by atoms with Gasteiger partial charge in [-0.25, -0.2) is 0 Å². The van der Waals surface area contributed by atoms with Gasteiger partial charge in [0.25, 0.3) is 10.2 Å². The first-order chi connectivity index (χ1) is 17.9. The molecule has 1 aromatic heterocycles. The first kappa shape index (κ1) is 25.6. The second-order valence-corrected chi connectivity index (χ2v) is 11.5. The fraction of sp³-hybridized carbons (Fsp3) is 0.464. The van der Waals surface area contributed by atoms with Gasteiger partial charge in [-0.2, -0.15) is 18.4 Å². The van der Waals surface area contributed by atoms with Gasteiger partial charge in [0.1, 0.15) is 17.9 Å². The highest BCUT2D eigenvalue weighted by molar-refractivity contribution is 7.90. The Bertz CT molecular complexity index is 1400. The zero-order valence-corrected chi connectivity index (χ0v) is 22.2. The van der Waals surface area contributed by atoms with Crippen molar-refractivity contribution in [2.75, 3.05) is 17.9 Å². The molecule has 8 nitrogen and oxygen atoms in total. The number of anilines is 1. The molecule has 2 fully saturated rings. The molecular weight excluding hydrogens is 488 g/mol. The molecule has 5 rings (SSSR count). The maximum Gasteiger partial charge on any atom is 0.299 e. The van der Waals surface area contributed by atoms with Crippen molar-refractivity contribution >= 4 is 26.8 Å². The molecule has 2 aliphatic rings. The van der Waals surface area contributed by atoms with Crippen LogP contribution in [0.2, 0.25) is 0 Å². The number of nitrogens with one attached hydrogen (secondary N) is 2. The highest BCUT2D eigenvalue weighted by Gasteiger charge is 2.28. The van der Waals surface area contributed by atoms with E-state index in [0.717, 1.165) is 60.0 Å². The molecule has 1 saturated heterocycles. The molecule has 0 amide bonds. The zero-order valence-electron chi connectivity index (χ0n) is 21.4. The summed E-state index contributed by atoms with van der Waals surface area (Å²) in [4.78, 5) is 0. The van der Waals surface area contributed by atoms with Crippen LogP contribution in [-0.4, -0.2) is 38.3 Å². The lowest BCUT2D eigenvalue weighted by atomic mass is 9.92. The standard InChI is InChI=1S/C28H34N4O4S/c1-3-19(2)30-37(33,34)31-21-9-7-20(8-10-21)28-26(18-29)25-12-11-24(36-23-13-15-35-16-14-23)17-27(25)32(28)22-5-4-6-22/h7-12,17,19,22-23,30-31H,3-6,13-16H2,1-2H3/t19-/m0/s1. The molecule has 9 heteroatoms. The highest BCUT2D eigenvalue weighted by Crippen LogP contribution is 2.43. The SMILES string of the molecule is CC[C@H](C)NS(=O)(=O)Nc1ccc(-c2c(C#N)c3ccc(OC4CCOCC4)cc3n2C2CCC2)cc1. The maximum absolute atomic E-state index is 12.4. The van der Waals surface area contributed by atoms with E-state index in [1.54, 1.807) is 12.1 Å². The summed E-state index contributed by atoms with van der Waals surface area (Å²) in [5, 5.41) is 11.1. The van der Waals surface area contributed by atoms with Gasteiger partial charge in [0.05, 0.1) is 30.0 Å². The van der Waals surface area contributed by atoms with Crippen molar-refractivity contribution in [2.24, 2.45) is 0 Å². The van der Waals surface area contributed by atoms with E-state index in [1.165, 1.54) is 0 Å². The van der Waals surface area contributed by atoms with Crippen LogP contribution in [-0.2, 0) is 14.9 Å². The van der Waals surface area contributed by atoms with E-state index in [-0.39, 0.29) is 12.1 Å². The molecule has 3 aromatic rings. The smallest absolute Gasteiger partial charge is 0.299 e. The van der Waals surface area contributed by atoms with Crippen molar-refractivity contribution in [3.8, 4) is 23.1 Å². The van der Waals surface area contributed by atoms with Gasteiger partial charge in [-0.3, -0.25) is 4.72 Å².